The highest BCUT2D eigenvalue weighted by Gasteiger charge is 1.96. The molecule has 0 amide bonds. The lowest BCUT2D eigenvalue weighted by Gasteiger charge is -1.95. The Bertz CT molecular complexity index is 338. The van der Waals surface area contributed by atoms with Crippen LogP contribution in [-0.2, 0) is 0 Å². The summed E-state index contributed by atoms with van der Waals surface area (Å²) in [7, 11) is 0. The summed E-state index contributed by atoms with van der Waals surface area (Å²) < 4.78 is 12.6. The largest absolute Gasteiger partial charge is 0.396 e. The first-order valence-electron chi connectivity index (χ1n) is 3.39. The molecule has 0 saturated carbocycles. The molecule has 1 aromatic rings. The van der Waals surface area contributed by atoms with Crippen molar-refractivity contribution < 1.29 is 4.39 Å². The van der Waals surface area contributed by atoms with E-state index in [0.29, 0.717) is 11.3 Å². The number of benzene rings is 1. The van der Waals surface area contributed by atoms with E-state index >= 15 is 0 Å². The second-order valence-electron chi connectivity index (χ2n) is 2.20. The fourth-order valence-corrected chi connectivity index (χ4v) is 0.842. The van der Waals surface area contributed by atoms with Gasteiger partial charge in [0.05, 0.1) is 11.4 Å². The van der Waals surface area contributed by atoms with E-state index < -0.39 is 5.82 Å². The van der Waals surface area contributed by atoms with Crippen LogP contribution >= 0.6 is 12.6 Å². The van der Waals surface area contributed by atoms with Gasteiger partial charge >= 0.3 is 0 Å². The van der Waals surface area contributed by atoms with Crippen molar-refractivity contribution in [2.45, 2.75) is 0 Å². The molecule has 1 nitrogen and oxygen atoms in total. The van der Waals surface area contributed by atoms with E-state index in [4.69, 9.17) is 5.73 Å². The van der Waals surface area contributed by atoms with Crippen molar-refractivity contribution in [2.75, 3.05) is 11.5 Å². The Morgan fingerprint density at radius 2 is 2.25 bits per heavy atom. The zero-order valence-electron chi connectivity index (χ0n) is 6.34. The van der Waals surface area contributed by atoms with Gasteiger partial charge in [-0.05, 0) is 18.2 Å². The SMILES string of the molecule is Nc1cc(C#CCS)ccc1F. The van der Waals surface area contributed by atoms with E-state index in [-0.39, 0.29) is 5.69 Å². The van der Waals surface area contributed by atoms with Gasteiger partial charge in [0.15, 0.2) is 0 Å². The summed E-state index contributed by atoms with van der Waals surface area (Å²) in [6, 6.07) is 4.39. The summed E-state index contributed by atoms with van der Waals surface area (Å²) >= 11 is 3.92. The fraction of sp³-hybridized carbons (Fsp3) is 0.111. The van der Waals surface area contributed by atoms with E-state index in [1.807, 2.05) is 0 Å². The highest BCUT2D eigenvalue weighted by Crippen LogP contribution is 2.10. The van der Waals surface area contributed by atoms with Crippen LogP contribution in [0.2, 0.25) is 0 Å². The van der Waals surface area contributed by atoms with Crippen molar-refractivity contribution in [3.05, 3.63) is 29.6 Å². The lowest BCUT2D eigenvalue weighted by Crippen LogP contribution is -1.90. The first-order valence-corrected chi connectivity index (χ1v) is 4.02. The number of hydrogen-bond acceptors (Lipinski definition) is 2. The van der Waals surface area contributed by atoms with Crippen LogP contribution in [0.4, 0.5) is 10.1 Å². The molecule has 0 radical (unpaired) electrons. The first-order chi connectivity index (χ1) is 5.74. The van der Waals surface area contributed by atoms with Gasteiger partial charge in [0.2, 0.25) is 0 Å². The van der Waals surface area contributed by atoms with Crippen LogP contribution in [0.1, 0.15) is 5.56 Å². The quantitative estimate of drug-likeness (QED) is 0.355. The number of rotatable bonds is 0. The summed E-state index contributed by atoms with van der Waals surface area (Å²) in [5.41, 5.74) is 6.17. The lowest BCUT2D eigenvalue weighted by molar-refractivity contribution is 0.632. The third-order valence-electron chi connectivity index (χ3n) is 1.31. The molecule has 0 atom stereocenters. The fourth-order valence-electron chi connectivity index (χ4n) is 0.763. The third-order valence-corrected chi connectivity index (χ3v) is 1.47. The molecule has 0 aliphatic carbocycles. The number of anilines is 1. The maximum Gasteiger partial charge on any atom is 0.146 e. The molecule has 1 aromatic carbocycles. The van der Waals surface area contributed by atoms with Gasteiger partial charge in [-0.1, -0.05) is 11.8 Å². The molecule has 0 fully saturated rings. The maximum atomic E-state index is 12.6. The predicted molar refractivity (Wildman–Crippen MR) is 51.5 cm³/mol. The van der Waals surface area contributed by atoms with Crippen molar-refractivity contribution in [2.24, 2.45) is 0 Å². The number of thiol groups is 1. The van der Waals surface area contributed by atoms with Gasteiger partial charge in [-0.15, -0.1) is 0 Å². The Balaban J connectivity index is 2.97. The maximum absolute atomic E-state index is 12.6. The van der Waals surface area contributed by atoms with Crippen molar-refractivity contribution in [3.8, 4) is 11.8 Å². The topological polar surface area (TPSA) is 26.0 Å². The average Bonchev–Trinajstić information content (AvgIpc) is 2.07. The molecule has 0 spiro atoms. The number of nitrogens with two attached hydrogens (primary N) is 1. The van der Waals surface area contributed by atoms with Gasteiger partial charge in [0.1, 0.15) is 5.82 Å². The molecule has 0 saturated heterocycles. The molecule has 0 aliphatic rings. The Morgan fingerprint density at radius 3 is 2.83 bits per heavy atom. The van der Waals surface area contributed by atoms with E-state index in [0.717, 1.165) is 0 Å². The monoisotopic (exact) mass is 181 g/mol. The molecule has 62 valence electrons. The second-order valence-corrected chi connectivity index (χ2v) is 2.51. The van der Waals surface area contributed by atoms with Crippen LogP contribution in [-0.4, -0.2) is 5.75 Å². The number of hydrogen-bond donors (Lipinski definition) is 2. The van der Waals surface area contributed by atoms with Crippen molar-refractivity contribution in [3.63, 3.8) is 0 Å². The van der Waals surface area contributed by atoms with E-state index in [2.05, 4.69) is 24.5 Å². The molecular formula is C9H8FNS. The normalized spacial score (nSPS) is 8.83. The van der Waals surface area contributed by atoms with Gasteiger partial charge in [-0.2, -0.15) is 12.6 Å². The zero-order valence-corrected chi connectivity index (χ0v) is 7.24. The van der Waals surface area contributed by atoms with Crippen LogP contribution in [0, 0.1) is 17.7 Å². The van der Waals surface area contributed by atoms with Crippen LogP contribution in [0.5, 0.6) is 0 Å². The van der Waals surface area contributed by atoms with E-state index in [1.165, 1.54) is 12.1 Å². The lowest BCUT2D eigenvalue weighted by atomic mass is 10.2. The van der Waals surface area contributed by atoms with Crippen LogP contribution in [0.25, 0.3) is 0 Å². The summed E-state index contributed by atoms with van der Waals surface area (Å²) in [6.45, 7) is 0. The molecule has 0 aromatic heterocycles. The Labute approximate surface area is 76.2 Å². The van der Waals surface area contributed by atoms with Gasteiger partial charge in [-0.25, -0.2) is 4.39 Å². The molecule has 0 aliphatic heterocycles. The molecule has 0 bridgehead atoms. The van der Waals surface area contributed by atoms with Crippen molar-refractivity contribution in [1.29, 1.82) is 0 Å². The van der Waals surface area contributed by atoms with Gasteiger partial charge in [0, 0.05) is 5.56 Å². The number of halogens is 1. The summed E-state index contributed by atoms with van der Waals surface area (Å²) in [5.74, 6) is 5.61. The Hall–Kier alpha value is -1.14. The Kier molecular flexibility index (Phi) is 3.01. The molecule has 12 heavy (non-hydrogen) atoms. The summed E-state index contributed by atoms with van der Waals surface area (Å²) in [6.07, 6.45) is 0. The predicted octanol–water partition coefficient (Wildman–Crippen LogP) is 1.69. The number of nitrogen functional groups attached to an aromatic ring is 1. The van der Waals surface area contributed by atoms with Crippen LogP contribution < -0.4 is 5.73 Å². The van der Waals surface area contributed by atoms with Crippen molar-refractivity contribution >= 4 is 18.3 Å². The minimum absolute atomic E-state index is 0.126. The average molecular weight is 181 g/mol. The minimum Gasteiger partial charge on any atom is -0.396 e. The smallest absolute Gasteiger partial charge is 0.146 e. The van der Waals surface area contributed by atoms with Crippen LogP contribution in [0.3, 0.4) is 0 Å². The first kappa shape index (κ1) is 8.95. The summed E-state index contributed by atoms with van der Waals surface area (Å²) in [5, 5.41) is 0. The van der Waals surface area contributed by atoms with Gasteiger partial charge in [-0.3, -0.25) is 0 Å². The zero-order chi connectivity index (χ0) is 8.97. The van der Waals surface area contributed by atoms with Crippen LogP contribution in [0.15, 0.2) is 18.2 Å². The minimum atomic E-state index is -0.411. The van der Waals surface area contributed by atoms with Gasteiger partial charge < -0.3 is 5.73 Å². The molecule has 1 rings (SSSR count). The summed E-state index contributed by atoms with van der Waals surface area (Å²) in [4.78, 5) is 0. The third kappa shape index (κ3) is 2.18. The standard InChI is InChI=1S/C9H8FNS/c10-8-4-3-7(2-1-5-12)6-9(8)11/h3-4,6,12H,5,11H2. The van der Waals surface area contributed by atoms with E-state index in [9.17, 15) is 4.39 Å². The highest BCUT2D eigenvalue weighted by atomic mass is 32.1. The molecule has 0 heterocycles. The highest BCUT2D eigenvalue weighted by molar-refractivity contribution is 7.80. The Morgan fingerprint density at radius 1 is 1.50 bits per heavy atom. The van der Waals surface area contributed by atoms with Crippen molar-refractivity contribution in [1.82, 2.24) is 0 Å². The molecular weight excluding hydrogens is 173 g/mol. The molecule has 0 unspecified atom stereocenters. The molecule has 2 N–H and O–H groups in total. The second kappa shape index (κ2) is 4.03. The van der Waals surface area contributed by atoms with E-state index in [1.54, 1.807) is 6.07 Å². The van der Waals surface area contributed by atoms with Gasteiger partial charge in [0.25, 0.3) is 0 Å². The molecule has 3 heteroatoms.